The van der Waals surface area contributed by atoms with Gasteiger partial charge in [0.15, 0.2) is 17.3 Å². The van der Waals surface area contributed by atoms with Gasteiger partial charge in [0.05, 0.1) is 11.4 Å². The van der Waals surface area contributed by atoms with Crippen LogP contribution in [0.3, 0.4) is 0 Å². The van der Waals surface area contributed by atoms with Crippen molar-refractivity contribution >= 4 is 22.8 Å². The summed E-state index contributed by atoms with van der Waals surface area (Å²) in [5, 5.41) is 0. The summed E-state index contributed by atoms with van der Waals surface area (Å²) >= 11 is 0. The molecule has 0 saturated heterocycles. The van der Waals surface area contributed by atoms with Gasteiger partial charge in [0.1, 0.15) is 0 Å². The first-order valence-corrected chi connectivity index (χ1v) is 10.5. The highest BCUT2D eigenvalue weighted by Gasteiger charge is 2.37. The standard InChI is InChI=1S/C28H21NO2/c1-28(2)21-10-4-3-9-19(21)27(30)20-16-15-18(17-22(20)28)29-23-11-5-7-13-25(23)31-26-14-8-6-12-24(26)29/h3-17H,1-2H3. The first kappa shape index (κ1) is 18.0. The Bertz CT molecular complexity index is 1320. The molecule has 3 nitrogen and oxygen atoms in total. The second-order valence-electron chi connectivity index (χ2n) is 8.60. The summed E-state index contributed by atoms with van der Waals surface area (Å²) in [7, 11) is 0. The van der Waals surface area contributed by atoms with Crippen molar-refractivity contribution in [2.45, 2.75) is 19.3 Å². The van der Waals surface area contributed by atoms with Gasteiger partial charge in [0.2, 0.25) is 0 Å². The van der Waals surface area contributed by atoms with Crippen LogP contribution in [0.4, 0.5) is 17.1 Å². The van der Waals surface area contributed by atoms with E-state index in [2.05, 4.69) is 43.0 Å². The molecular formula is C28H21NO2. The minimum atomic E-state index is -0.277. The van der Waals surface area contributed by atoms with Crippen molar-refractivity contribution in [3.05, 3.63) is 113 Å². The number of ether oxygens (including phenoxy) is 1. The second-order valence-corrected chi connectivity index (χ2v) is 8.60. The lowest BCUT2D eigenvalue weighted by atomic mass is 9.68. The number of benzene rings is 4. The number of hydrogen-bond acceptors (Lipinski definition) is 3. The summed E-state index contributed by atoms with van der Waals surface area (Å²) in [5.41, 5.74) is 6.42. The quantitative estimate of drug-likeness (QED) is 0.298. The van der Waals surface area contributed by atoms with E-state index in [1.54, 1.807) is 0 Å². The average Bonchev–Trinajstić information content (AvgIpc) is 2.81. The van der Waals surface area contributed by atoms with Gasteiger partial charge < -0.3 is 9.64 Å². The van der Waals surface area contributed by atoms with Crippen molar-refractivity contribution in [1.29, 1.82) is 0 Å². The molecule has 0 N–H and O–H groups in total. The van der Waals surface area contributed by atoms with Crippen molar-refractivity contribution < 1.29 is 9.53 Å². The molecule has 0 aromatic heterocycles. The van der Waals surface area contributed by atoms with Crippen LogP contribution in [0.2, 0.25) is 0 Å². The van der Waals surface area contributed by atoms with Crippen LogP contribution >= 0.6 is 0 Å². The lowest BCUT2D eigenvalue weighted by molar-refractivity contribution is 0.103. The summed E-state index contributed by atoms with van der Waals surface area (Å²) in [4.78, 5) is 15.5. The monoisotopic (exact) mass is 403 g/mol. The van der Waals surface area contributed by atoms with E-state index in [0.29, 0.717) is 0 Å². The molecule has 31 heavy (non-hydrogen) atoms. The summed E-state index contributed by atoms with van der Waals surface area (Å²) in [6.07, 6.45) is 0. The van der Waals surface area contributed by atoms with Crippen LogP contribution in [-0.4, -0.2) is 5.78 Å². The minimum absolute atomic E-state index is 0.0965. The molecule has 0 bridgehead atoms. The molecule has 6 rings (SSSR count). The van der Waals surface area contributed by atoms with E-state index in [9.17, 15) is 4.79 Å². The SMILES string of the molecule is CC1(C)c2ccccc2C(=O)c2ccc(N3c4ccccc4Oc4ccccc43)cc21. The highest BCUT2D eigenvalue weighted by molar-refractivity contribution is 6.13. The highest BCUT2D eigenvalue weighted by Crippen LogP contribution is 2.51. The Morgan fingerprint density at radius 2 is 1.26 bits per heavy atom. The maximum Gasteiger partial charge on any atom is 0.193 e. The average molecular weight is 403 g/mol. The Morgan fingerprint density at radius 1 is 0.677 bits per heavy atom. The van der Waals surface area contributed by atoms with E-state index >= 15 is 0 Å². The van der Waals surface area contributed by atoms with Gasteiger partial charge in [-0.2, -0.15) is 0 Å². The summed E-state index contributed by atoms with van der Waals surface area (Å²) in [6, 6.07) is 30.3. The molecule has 1 aliphatic heterocycles. The first-order valence-electron chi connectivity index (χ1n) is 10.5. The maximum atomic E-state index is 13.2. The van der Waals surface area contributed by atoms with Crippen molar-refractivity contribution in [3.8, 4) is 11.5 Å². The van der Waals surface area contributed by atoms with E-state index in [1.165, 1.54) is 0 Å². The zero-order chi connectivity index (χ0) is 21.2. The first-order chi connectivity index (χ1) is 15.1. The predicted octanol–water partition coefficient (Wildman–Crippen LogP) is 7.13. The molecule has 0 unspecified atom stereocenters. The van der Waals surface area contributed by atoms with Gasteiger partial charge in [0.25, 0.3) is 0 Å². The molecule has 3 heteroatoms. The Morgan fingerprint density at radius 3 is 1.97 bits per heavy atom. The molecule has 2 aliphatic rings. The van der Waals surface area contributed by atoms with Crippen molar-refractivity contribution in [1.82, 2.24) is 0 Å². The van der Waals surface area contributed by atoms with Crippen LogP contribution < -0.4 is 9.64 Å². The Kier molecular flexibility index (Phi) is 3.66. The van der Waals surface area contributed by atoms with Crippen LogP contribution in [0.1, 0.15) is 40.9 Å². The Balaban J connectivity index is 1.58. The smallest absolute Gasteiger partial charge is 0.193 e. The predicted molar refractivity (Wildman–Crippen MR) is 123 cm³/mol. The van der Waals surface area contributed by atoms with Gasteiger partial charge >= 0.3 is 0 Å². The molecule has 4 aromatic carbocycles. The van der Waals surface area contributed by atoms with Crippen molar-refractivity contribution in [2.24, 2.45) is 0 Å². The third kappa shape index (κ3) is 2.50. The van der Waals surface area contributed by atoms with Crippen molar-refractivity contribution in [2.75, 3.05) is 4.90 Å². The molecule has 0 amide bonds. The number of para-hydroxylation sites is 4. The number of ketones is 1. The van der Waals surface area contributed by atoms with Crippen LogP contribution in [-0.2, 0) is 5.41 Å². The summed E-state index contributed by atoms with van der Waals surface area (Å²) < 4.78 is 6.15. The largest absolute Gasteiger partial charge is 0.453 e. The molecular weight excluding hydrogens is 382 g/mol. The molecule has 150 valence electrons. The number of nitrogens with zero attached hydrogens (tertiary/aromatic N) is 1. The van der Waals surface area contributed by atoms with E-state index in [4.69, 9.17) is 4.74 Å². The highest BCUT2D eigenvalue weighted by atomic mass is 16.5. The second kappa shape index (κ2) is 6.32. The van der Waals surface area contributed by atoms with Crippen LogP contribution in [0.25, 0.3) is 0 Å². The zero-order valence-electron chi connectivity index (χ0n) is 17.4. The number of anilines is 3. The number of fused-ring (bicyclic) bond motifs is 4. The molecule has 0 atom stereocenters. The maximum absolute atomic E-state index is 13.2. The normalized spacial score (nSPS) is 15.3. The number of hydrogen-bond donors (Lipinski definition) is 0. The molecule has 1 heterocycles. The van der Waals surface area contributed by atoms with Crippen LogP contribution in [0, 0.1) is 0 Å². The van der Waals surface area contributed by atoms with E-state index in [-0.39, 0.29) is 11.2 Å². The third-order valence-electron chi connectivity index (χ3n) is 6.46. The van der Waals surface area contributed by atoms with Gasteiger partial charge in [-0.05, 0) is 53.6 Å². The molecule has 0 spiro atoms. The van der Waals surface area contributed by atoms with Gasteiger partial charge in [-0.3, -0.25) is 4.79 Å². The van der Waals surface area contributed by atoms with Gasteiger partial charge in [0, 0.05) is 22.2 Å². The van der Waals surface area contributed by atoms with Crippen LogP contribution in [0.5, 0.6) is 11.5 Å². The number of carbonyl (C=O) groups is 1. The molecule has 0 radical (unpaired) electrons. The van der Waals surface area contributed by atoms with E-state index in [0.717, 1.165) is 50.8 Å². The third-order valence-corrected chi connectivity index (χ3v) is 6.46. The van der Waals surface area contributed by atoms with Gasteiger partial charge in [-0.1, -0.05) is 62.4 Å². The lowest BCUT2D eigenvalue weighted by Gasteiger charge is -2.37. The topological polar surface area (TPSA) is 29.5 Å². The zero-order valence-corrected chi connectivity index (χ0v) is 17.4. The summed E-state index contributed by atoms with van der Waals surface area (Å²) in [6.45, 7) is 4.39. The molecule has 1 aliphatic carbocycles. The molecule has 4 aromatic rings. The van der Waals surface area contributed by atoms with E-state index in [1.807, 2.05) is 66.7 Å². The van der Waals surface area contributed by atoms with E-state index < -0.39 is 0 Å². The Labute approximate surface area is 181 Å². The fourth-order valence-corrected chi connectivity index (χ4v) is 4.89. The minimum Gasteiger partial charge on any atom is -0.453 e. The fraction of sp³-hybridized carbons (Fsp3) is 0.107. The number of rotatable bonds is 1. The van der Waals surface area contributed by atoms with Crippen molar-refractivity contribution in [3.63, 3.8) is 0 Å². The van der Waals surface area contributed by atoms with Gasteiger partial charge in [-0.15, -0.1) is 0 Å². The lowest BCUT2D eigenvalue weighted by Crippen LogP contribution is -2.30. The summed E-state index contributed by atoms with van der Waals surface area (Å²) in [5.74, 6) is 1.73. The van der Waals surface area contributed by atoms with Crippen LogP contribution in [0.15, 0.2) is 91.0 Å². The molecule has 0 saturated carbocycles. The number of carbonyl (C=O) groups excluding carboxylic acids is 1. The fourth-order valence-electron chi connectivity index (χ4n) is 4.89. The molecule has 0 fully saturated rings. The van der Waals surface area contributed by atoms with Gasteiger partial charge in [-0.25, -0.2) is 0 Å². The Hall–Kier alpha value is -3.85.